The molecule has 0 aliphatic carbocycles. The molecule has 4 rings (SSSR count). The highest BCUT2D eigenvalue weighted by molar-refractivity contribution is 6.02. The van der Waals surface area contributed by atoms with Gasteiger partial charge in [-0.05, 0) is 42.0 Å². The maximum Gasteiger partial charge on any atom is 0.291 e. The smallest absolute Gasteiger partial charge is 0.291 e. The highest BCUT2D eigenvalue weighted by Crippen LogP contribution is 2.36. The maximum atomic E-state index is 13.0. The van der Waals surface area contributed by atoms with E-state index in [4.69, 9.17) is 4.42 Å². The number of fused-ring (bicyclic) bond motifs is 4. The first-order valence-electron chi connectivity index (χ1n) is 10.1. The first kappa shape index (κ1) is 19.5. The molecule has 2 aromatic heterocycles. The lowest BCUT2D eigenvalue weighted by atomic mass is 9.82. The van der Waals surface area contributed by atoms with Crippen LogP contribution in [0, 0.1) is 11.3 Å². The first-order chi connectivity index (χ1) is 13.7. The third-order valence-corrected chi connectivity index (χ3v) is 5.63. The summed E-state index contributed by atoms with van der Waals surface area (Å²) < 4.78 is 6.86. The van der Waals surface area contributed by atoms with E-state index in [1.54, 1.807) is 22.8 Å². The van der Waals surface area contributed by atoms with Crippen LogP contribution in [0.2, 0.25) is 0 Å². The molecule has 154 valence electrons. The number of piperidine rings is 1. The fourth-order valence-corrected chi connectivity index (χ4v) is 4.40. The van der Waals surface area contributed by atoms with Crippen LogP contribution in [0.1, 0.15) is 55.8 Å². The molecule has 1 fully saturated rings. The Hall–Kier alpha value is -2.83. The lowest BCUT2D eigenvalue weighted by Crippen LogP contribution is -2.49. The average Bonchev–Trinajstić information content (AvgIpc) is 3.18. The van der Waals surface area contributed by atoms with E-state index in [0.717, 1.165) is 12.1 Å². The molecule has 2 atom stereocenters. The molecule has 29 heavy (non-hydrogen) atoms. The SMILES string of the molecule is CC(C)(C)CC(=O)N1C[C@@H]2C[C@H](C1)c1ccc(NC(=O)c3ccco3)c(=O)n1C2. The van der Waals surface area contributed by atoms with Crippen molar-refractivity contribution in [3.8, 4) is 0 Å². The lowest BCUT2D eigenvalue weighted by molar-refractivity contribution is -0.135. The van der Waals surface area contributed by atoms with Crippen molar-refractivity contribution < 1.29 is 14.0 Å². The number of hydrogen-bond donors (Lipinski definition) is 1. The summed E-state index contributed by atoms with van der Waals surface area (Å²) in [7, 11) is 0. The molecule has 7 nitrogen and oxygen atoms in total. The summed E-state index contributed by atoms with van der Waals surface area (Å²) in [5.41, 5.74) is 0.942. The summed E-state index contributed by atoms with van der Waals surface area (Å²) in [4.78, 5) is 39.9. The molecule has 0 aromatic carbocycles. The predicted molar refractivity (Wildman–Crippen MR) is 109 cm³/mol. The molecule has 2 aliphatic heterocycles. The molecular formula is C22H27N3O4. The van der Waals surface area contributed by atoms with Crippen molar-refractivity contribution in [1.82, 2.24) is 9.47 Å². The zero-order chi connectivity index (χ0) is 20.8. The van der Waals surface area contributed by atoms with Gasteiger partial charge in [0, 0.05) is 37.7 Å². The Labute approximate surface area is 169 Å². The minimum absolute atomic E-state index is 0.0421. The predicted octanol–water partition coefficient (Wildman–Crippen LogP) is 3.08. The topological polar surface area (TPSA) is 84.6 Å². The van der Waals surface area contributed by atoms with E-state index >= 15 is 0 Å². The molecule has 2 aromatic rings. The van der Waals surface area contributed by atoms with E-state index in [1.807, 2.05) is 11.0 Å². The normalized spacial score (nSPS) is 20.9. The van der Waals surface area contributed by atoms with Crippen LogP contribution in [-0.2, 0) is 11.3 Å². The number of amides is 2. The van der Waals surface area contributed by atoms with Crippen LogP contribution in [-0.4, -0.2) is 34.4 Å². The van der Waals surface area contributed by atoms with Gasteiger partial charge in [-0.1, -0.05) is 20.8 Å². The third kappa shape index (κ3) is 3.99. The quantitative estimate of drug-likeness (QED) is 0.863. The van der Waals surface area contributed by atoms with Crippen molar-refractivity contribution in [2.24, 2.45) is 11.3 Å². The number of anilines is 1. The number of furan rings is 1. The molecule has 2 bridgehead atoms. The Morgan fingerprint density at radius 1 is 1.17 bits per heavy atom. The number of aromatic nitrogens is 1. The van der Waals surface area contributed by atoms with Crippen LogP contribution >= 0.6 is 0 Å². The number of pyridine rings is 1. The molecule has 2 amide bonds. The Bertz CT molecular complexity index is 984. The van der Waals surface area contributed by atoms with E-state index in [1.165, 1.54) is 6.26 Å². The summed E-state index contributed by atoms with van der Waals surface area (Å²) in [5.74, 6) is 0.303. The monoisotopic (exact) mass is 397 g/mol. The molecule has 0 saturated carbocycles. The molecule has 1 saturated heterocycles. The number of rotatable bonds is 3. The standard InChI is InChI=1S/C22H27N3O4/c1-22(2,3)10-19(26)24-11-14-9-15(13-24)17-7-6-16(21(28)25(17)12-14)23-20(27)18-5-4-8-29-18/h4-8,14-15H,9-13H2,1-3H3,(H,23,27)/t14-,15+/m0/s1. The zero-order valence-corrected chi connectivity index (χ0v) is 17.1. The maximum absolute atomic E-state index is 13.0. The van der Waals surface area contributed by atoms with Gasteiger partial charge in [0.05, 0.1) is 6.26 Å². The largest absolute Gasteiger partial charge is 0.459 e. The van der Waals surface area contributed by atoms with E-state index in [-0.39, 0.29) is 40.2 Å². The third-order valence-electron chi connectivity index (χ3n) is 5.63. The zero-order valence-electron chi connectivity index (χ0n) is 17.1. The van der Waals surface area contributed by atoms with Gasteiger partial charge in [0.1, 0.15) is 5.69 Å². The number of nitrogens with zero attached hydrogens (tertiary/aromatic N) is 2. The van der Waals surface area contributed by atoms with Crippen molar-refractivity contribution in [3.05, 3.63) is 52.3 Å². The first-order valence-corrected chi connectivity index (χ1v) is 10.1. The van der Waals surface area contributed by atoms with Gasteiger partial charge in [0.25, 0.3) is 11.5 Å². The minimum atomic E-state index is -0.442. The van der Waals surface area contributed by atoms with Crippen molar-refractivity contribution in [2.75, 3.05) is 18.4 Å². The number of carbonyl (C=O) groups excluding carboxylic acids is 2. The van der Waals surface area contributed by atoms with Gasteiger partial charge in [0.15, 0.2) is 5.76 Å². The second-order valence-electron chi connectivity index (χ2n) is 9.35. The van der Waals surface area contributed by atoms with E-state index in [0.29, 0.717) is 26.1 Å². The Morgan fingerprint density at radius 2 is 1.97 bits per heavy atom. The van der Waals surface area contributed by atoms with Gasteiger partial charge in [-0.2, -0.15) is 0 Å². The van der Waals surface area contributed by atoms with E-state index in [9.17, 15) is 14.4 Å². The van der Waals surface area contributed by atoms with Crippen LogP contribution in [0.5, 0.6) is 0 Å². The fraction of sp³-hybridized carbons (Fsp3) is 0.500. The molecule has 0 radical (unpaired) electrons. The van der Waals surface area contributed by atoms with Gasteiger partial charge in [0.2, 0.25) is 5.91 Å². The van der Waals surface area contributed by atoms with E-state index in [2.05, 4.69) is 26.1 Å². The van der Waals surface area contributed by atoms with Crippen molar-refractivity contribution in [3.63, 3.8) is 0 Å². The molecule has 2 aliphatic rings. The molecule has 0 unspecified atom stereocenters. The summed E-state index contributed by atoms with van der Waals surface area (Å²) in [6.45, 7) is 8.10. The van der Waals surface area contributed by atoms with E-state index < -0.39 is 5.91 Å². The van der Waals surface area contributed by atoms with Gasteiger partial charge in [-0.25, -0.2) is 0 Å². The molecule has 4 heterocycles. The number of carbonyl (C=O) groups is 2. The van der Waals surface area contributed by atoms with Crippen LogP contribution in [0.3, 0.4) is 0 Å². The number of nitrogens with one attached hydrogen (secondary N) is 1. The Balaban J connectivity index is 1.55. The van der Waals surface area contributed by atoms with Crippen LogP contribution in [0.4, 0.5) is 5.69 Å². The summed E-state index contributed by atoms with van der Waals surface area (Å²) in [5, 5.41) is 2.65. The number of likely N-dealkylation sites (tertiary alicyclic amines) is 1. The van der Waals surface area contributed by atoms with Gasteiger partial charge in [-0.3, -0.25) is 14.4 Å². The van der Waals surface area contributed by atoms with Gasteiger partial charge < -0.3 is 19.2 Å². The highest BCUT2D eigenvalue weighted by atomic mass is 16.3. The molecular weight excluding hydrogens is 370 g/mol. The Morgan fingerprint density at radius 3 is 2.66 bits per heavy atom. The van der Waals surface area contributed by atoms with Crippen molar-refractivity contribution in [2.45, 2.75) is 46.1 Å². The summed E-state index contributed by atoms with van der Waals surface area (Å²) in [6.07, 6.45) is 2.93. The van der Waals surface area contributed by atoms with Gasteiger partial charge >= 0.3 is 0 Å². The minimum Gasteiger partial charge on any atom is -0.459 e. The Kier molecular flexibility index (Phi) is 4.84. The summed E-state index contributed by atoms with van der Waals surface area (Å²) in [6, 6.07) is 6.74. The van der Waals surface area contributed by atoms with Crippen LogP contribution in [0.15, 0.2) is 39.7 Å². The molecule has 7 heteroatoms. The van der Waals surface area contributed by atoms with Crippen LogP contribution in [0.25, 0.3) is 0 Å². The second-order valence-corrected chi connectivity index (χ2v) is 9.35. The summed E-state index contributed by atoms with van der Waals surface area (Å²) >= 11 is 0. The molecule has 0 spiro atoms. The lowest BCUT2D eigenvalue weighted by Gasteiger charge is -2.43. The molecule has 1 N–H and O–H groups in total. The van der Waals surface area contributed by atoms with Crippen LogP contribution < -0.4 is 10.9 Å². The number of hydrogen-bond acceptors (Lipinski definition) is 4. The van der Waals surface area contributed by atoms with Crippen molar-refractivity contribution in [1.29, 1.82) is 0 Å². The average molecular weight is 397 g/mol. The second kappa shape index (κ2) is 7.21. The fourth-order valence-electron chi connectivity index (χ4n) is 4.40. The highest BCUT2D eigenvalue weighted by Gasteiger charge is 2.37. The van der Waals surface area contributed by atoms with Crippen molar-refractivity contribution >= 4 is 17.5 Å². The van der Waals surface area contributed by atoms with Gasteiger partial charge in [-0.15, -0.1) is 0 Å².